The smallest absolute Gasteiger partial charge is 0.347 e. The van der Waals surface area contributed by atoms with Crippen LogP contribution in [0.5, 0.6) is 5.75 Å². The van der Waals surface area contributed by atoms with Crippen LogP contribution >= 0.6 is 11.6 Å². The molecule has 0 fully saturated rings. The first-order valence-corrected chi connectivity index (χ1v) is 10.1. The van der Waals surface area contributed by atoms with Gasteiger partial charge in [-0.2, -0.15) is 0 Å². The van der Waals surface area contributed by atoms with E-state index in [1.165, 1.54) is 6.92 Å². The van der Waals surface area contributed by atoms with Gasteiger partial charge in [0.2, 0.25) is 11.2 Å². The molecule has 0 bridgehead atoms. The van der Waals surface area contributed by atoms with Crippen LogP contribution in [0.3, 0.4) is 0 Å². The van der Waals surface area contributed by atoms with Crippen molar-refractivity contribution in [1.29, 1.82) is 0 Å². The Hall–Kier alpha value is -3.57. The molecule has 156 valence electrons. The summed E-state index contributed by atoms with van der Waals surface area (Å²) in [6, 6.07) is 23.0. The summed E-state index contributed by atoms with van der Waals surface area (Å²) in [5.74, 6) is -0.410. The molecule has 6 heteroatoms. The third-order valence-corrected chi connectivity index (χ3v) is 4.97. The Kier molecular flexibility index (Phi) is 6.05. The number of halogens is 1. The summed E-state index contributed by atoms with van der Waals surface area (Å²) in [5.41, 5.74) is 1.51. The van der Waals surface area contributed by atoms with E-state index in [1.807, 2.05) is 30.3 Å². The van der Waals surface area contributed by atoms with Gasteiger partial charge in [-0.3, -0.25) is 4.79 Å². The molecule has 0 saturated heterocycles. The second-order valence-electron chi connectivity index (χ2n) is 6.95. The van der Waals surface area contributed by atoms with Gasteiger partial charge in [0.25, 0.3) is 0 Å². The molecule has 5 nitrogen and oxygen atoms in total. The molecule has 0 aliphatic heterocycles. The Bertz CT molecular complexity index is 1260. The lowest BCUT2D eigenvalue weighted by molar-refractivity contribution is -0.152. The number of esters is 1. The number of para-hydroxylation sites is 1. The Balaban J connectivity index is 1.66. The summed E-state index contributed by atoms with van der Waals surface area (Å²) < 4.78 is 17.1. The third kappa shape index (κ3) is 4.62. The third-order valence-electron chi connectivity index (χ3n) is 4.71. The van der Waals surface area contributed by atoms with Gasteiger partial charge in [0.05, 0.1) is 5.39 Å². The summed E-state index contributed by atoms with van der Waals surface area (Å²) in [7, 11) is 0. The molecule has 0 spiro atoms. The topological polar surface area (TPSA) is 65.7 Å². The summed E-state index contributed by atoms with van der Waals surface area (Å²) in [4.78, 5) is 25.7. The first-order valence-electron chi connectivity index (χ1n) is 9.72. The highest BCUT2D eigenvalue weighted by Crippen LogP contribution is 2.32. The Labute approximate surface area is 183 Å². The number of ether oxygens (including phenoxy) is 2. The fourth-order valence-corrected chi connectivity index (χ4v) is 3.22. The molecule has 0 radical (unpaired) electrons. The van der Waals surface area contributed by atoms with E-state index in [1.54, 1.807) is 48.5 Å². The second kappa shape index (κ2) is 9.06. The normalized spacial score (nSPS) is 11.8. The van der Waals surface area contributed by atoms with Crippen molar-refractivity contribution in [1.82, 2.24) is 0 Å². The highest BCUT2D eigenvalue weighted by atomic mass is 35.5. The fraction of sp³-hybridized carbons (Fsp3) is 0.120. The lowest BCUT2D eigenvalue weighted by Crippen LogP contribution is -2.28. The molecule has 0 amide bonds. The quantitative estimate of drug-likeness (QED) is 0.368. The predicted octanol–water partition coefficient (Wildman–Crippen LogP) is 5.62. The number of hydrogen-bond acceptors (Lipinski definition) is 5. The van der Waals surface area contributed by atoms with E-state index in [0.29, 0.717) is 21.6 Å². The zero-order valence-corrected chi connectivity index (χ0v) is 17.5. The number of benzene rings is 3. The zero-order valence-electron chi connectivity index (χ0n) is 16.7. The van der Waals surface area contributed by atoms with Crippen molar-refractivity contribution in [3.8, 4) is 17.1 Å². The molecular weight excluding hydrogens is 416 g/mol. The summed E-state index contributed by atoms with van der Waals surface area (Å²) in [5, 5.41) is 0.910. The number of hydrogen-bond donors (Lipinski definition) is 0. The first-order chi connectivity index (χ1) is 15.0. The fourth-order valence-electron chi connectivity index (χ4n) is 3.09. The first kappa shape index (κ1) is 20.7. The Morgan fingerprint density at radius 3 is 2.39 bits per heavy atom. The van der Waals surface area contributed by atoms with Crippen molar-refractivity contribution in [3.05, 3.63) is 99.7 Å². The van der Waals surface area contributed by atoms with Crippen LogP contribution in [-0.2, 0) is 16.1 Å². The zero-order chi connectivity index (χ0) is 21.8. The van der Waals surface area contributed by atoms with E-state index < -0.39 is 12.1 Å². The van der Waals surface area contributed by atoms with Gasteiger partial charge in [0, 0.05) is 10.6 Å². The molecule has 1 atom stereocenters. The molecule has 0 aliphatic rings. The molecule has 31 heavy (non-hydrogen) atoms. The maximum atomic E-state index is 13.2. The van der Waals surface area contributed by atoms with Crippen LogP contribution in [-0.4, -0.2) is 12.1 Å². The average molecular weight is 435 g/mol. The number of carbonyl (C=O) groups excluding carboxylic acids is 1. The highest BCUT2D eigenvalue weighted by molar-refractivity contribution is 6.30. The SMILES string of the molecule is C[C@@H](Oc1c(-c2ccc(Cl)cc2)oc2ccccc2c1=O)C(=O)OCc1ccccc1. The Morgan fingerprint density at radius 1 is 0.968 bits per heavy atom. The van der Waals surface area contributed by atoms with Crippen LogP contribution in [0.1, 0.15) is 12.5 Å². The minimum atomic E-state index is -1.01. The number of carbonyl (C=O) groups is 1. The lowest BCUT2D eigenvalue weighted by atomic mass is 10.1. The molecule has 3 aromatic carbocycles. The van der Waals surface area contributed by atoms with E-state index in [2.05, 4.69) is 0 Å². The van der Waals surface area contributed by atoms with Crippen LogP contribution in [0.4, 0.5) is 0 Å². The summed E-state index contributed by atoms with van der Waals surface area (Å²) in [6.45, 7) is 1.65. The van der Waals surface area contributed by atoms with Crippen molar-refractivity contribution < 1.29 is 18.7 Å². The average Bonchev–Trinajstić information content (AvgIpc) is 2.80. The molecular formula is C25H19ClO5. The van der Waals surface area contributed by atoms with Crippen LogP contribution in [0.2, 0.25) is 5.02 Å². The molecule has 4 aromatic rings. The molecule has 0 aliphatic carbocycles. The van der Waals surface area contributed by atoms with Crippen LogP contribution in [0, 0.1) is 0 Å². The molecule has 4 rings (SSSR count). The standard InChI is InChI=1S/C25H19ClO5/c1-16(25(28)29-15-17-7-3-2-4-8-17)30-24-22(27)20-9-5-6-10-21(20)31-23(24)18-11-13-19(26)14-12-18/h2-14,16H,15H2,1H3/t16-/m1/s1. The highest BCUT2D eigenvalue weighted by Gasteiger charge is 2.24. The van der Waals surface area contributed by atoms with E-state index in [4.69, 9.17) is 25.5 Å². The van der Waals surface area contributed by atoms with Gasteiger partial charge >= 0.3 is 5.97 Å². The maximum Gasteiger partial charge on any atom is 0.347 e. The maximum absolute atomic E-state index is 13.2. The van der Waals surface area contributed by atoms with Crippen molar-refractivity contribution >= 4 is 28.5 Å². The minimum Gasteiger partial charge on any atom is -0.471 e. The minimum absolute atomic E-state index is 0.0508. The predicted molar refractivity (Wildman–Crippen MR) is 119 cm³/mol. The summed E-state index contributed by atoms with van der Waals surface area (Å²) >= 11 is 5.99. The van der Waals surface area contributed by atoms with Gasteiger partial charge in [-0.15, -0.1) is 0 Å². The molecule has 0 unspecified atom stereocenters. The second-order valence-corrected chi connectivity index (χ2v) is 7.38. The monoisotopic (exact) mass is 434 g/mol. The van der Waals surface area contributed by atoms with Gasteiger partial charge in [0.1, 0.15) is 12.2 Å². The molecule has 0 N–H and O–H groups in total. The molecule has 1 aromatic heterocycles. The molecule has 1 heterocycles. The largest absolute Gasteiger partial charge is 0.471 e. The molecule has 0 saturated carbocycles. The van der Waals surface area contributed by atoms with Crippen LogP contribution in [0.25, 0.3) is 22.3 Å². The number of rotatable bonds is 6. The summed E-state index contributed by atoms with van der Waals surface area (Å²) in [6.07, 6.45) is -1.01. The van der Waals surface area contributed by atoms with Gasteiger partial charge < -0.3 is 13.9 Å². The lowest BCUT2D eigenvalue weighted by Gasteiger charge is -2.16. The van der Waals surface area contributed by atoms with Gasteiger partial charge in [0.15, 0.2) is 11.9 Å². The van der Waals surface area contributed by atoms with Crippen molar-refractivity contribution in [2.24, 2.45) is 0 Å². The van der Waals surface area contributed by atoms with Crippen molar-refractivity contribution in [3.63, 3.8) is 0 Å². The number of fused-ring (bicyclic) bond motifs is 1. The van der Waals surface area contributed by atoms with E-state index in [0.717, 1.165) is 5.56 Å². The Morgan fingerprint density at radius 2 is 1.65 bits per heavy atom. The van der Waals surface area contributed by atoms with Crippen LogP contribution in [0.15, 0.2) is 88.1 Å². The van der Waals surface area contributed by atoms with Gasteiger partial charge in [-0.1, -0.05) is 54.1 Å². The van der Waals surface area contributed by atoms with E-state index in [-0.39, 0.29) is 23.5 Å². The van der Waals surface area contributed by atoms with Gasteiger partial charge in [-0.25, -0.2) is 4.79 Å². The van der Waals surface area contributed by atoms with E-state index >= 15 is 0 Å². The van der Waals surface area contributed by atoms with E-state index in [9.17, 15) is 9.59 Å². The van der Waals surface area contributed by atoms with Crippen molar-refractivity contribution in [2.75, 3.05) is 0 Å². The van der Waals surface area contributed by atoms with Crippen molar-refractivity contribution in [2.45, 2.75) is 19.6 Å². The van der Waals surface area contributed by atoms with Crippen LogP contribution < -0.4 is 10.2 Å². The van der Waals surface area contributed by atoms with Gasteiger partial charge in [-0.05, 0) is 48.9 Å².